The highest BCUT2D eigenvalue weighted by molar-refractivity contribution is 7.12. The molecule has 1 aromatic carbocycles. The van der Waals surface area contributed by atoms with Crippen molar-refractivity contribution in [2.24, 2.45) is 4.99 Å². The molecule has 1 amide bonds. The largest absolute Gasteiger partial charge is 0.358 e. The molecule has 4 aliphatic rings. The number of fused-ring (bicyclic) bond motifs is 2. The van der Waals surface area contributed by atoms with Crippen LogP contribution in [0.25, 0.3) is 0 Å². The third-order valence-corrected chi connectivity index (χ3v) is 9.54. The molecule has 0 spiro atoms. The predicted octanol–water partition coefficient (Wildman–Crippen LogP) is 5.63. The molecule has 6 rings (SSSR count). The van der Waals surface area contributed by atoms with Crippen LogP contribution in [-0.4, -0.2) is 59.4 Å². The number of anilines is 1. The average Bonchev–Trinajstić information content (AvgIpc) is 3.67. The van der Waals surface area contributed by atoms with Crippen molar-refractivity contribution in [1.82, 2.24) is 9.80 Å². The Hall–Kier alpha value is -3.03. The number of rotatable bonds is 7. The van der Waals surface area contributed by atoms with Gasteiger partial charge in [0.05, 0.1) is 17.3 Å². The SMILES string of the molecule is Cc1cc(C)c(CC(C)N=C2C=CCC(=O)C2=C2Cc3cc4c(cc3N2)CN(CCCN2CCCC2)C4=O)s1. The summed E-state index contributed by atoms with van der Waals surface area (Å²) < 4.78 is 0. The number of carbonyl (C=O) groups excluding carboxylic acids is 2. The number of aryl methyl sites for hydroxylation is 2. The molecule has 0 bridgehead atoms. The van der Waals surface area contributed by atoms with Gasteiger partial charge in [0.1, 0.15) is 0 Å². The van der Waals surface area contributed by atoms with E-state index in [1.807, 2.05) is 28.4 Å². The first kappa shape index (κ1) is 26.2. The number of nitrogens with one attached hydrogen (secondary N) is 1. The number of amides is 1. The van der Waals surface area contributed by atoms with Crippen LogP contribution in [0.15, 0.2) is 46.6 Å². The molecular formula is C32H38N4O2S. The second-order valence-electron chi connectivity index (χ2n) is 11.5. The summed E-state index contributed by atoms with van der Waals surface area (Å²) in [6.45, 7) is 11.4. The van der Waals surface area contributed by atoms with Gasteiger partial charge in [-0.25, -0.2) is 0 Å². The zero-order valence-electron chi connectivity index (χ0n) is 23.3. The normalized spacial score (nSPS) is 22.6. The minimum absolute atomic E-state index is 0.0737. The summed E-state index contributed by atoms with van der Waals surface area (Å²) in [6, 6.07) is 6.48. The van der Waals surface area contributed by atoms with Crippen molar-refractivity contribution in [3.05, 3.63) is 73.6 Å². The molecular weight excluding hydrogens is 504 g/mol. The van der Waals surface area contributed by atoms with Crippen LogP contribution in [0.3, 0.4) is 0 Å². The number of carbonyl (C=O) groups is 2. The first-order valence-corrected chi connectivity index (χ1v) is 15.2. The maximum Gasteiger partial charge on any atom is 0.254 e. The molecule has 1 fully saturated rings. The van der Waals surface area contributed by atoms with E-state index in [4.69, 9.17) is 4.99 Å². The lowest BCUT2D eigenvalue weighted by Crippen LogP contribution is -2.29. The van der Waals surface area contributed by atoms with Crippen molar-refractivity contribution in [1.29, 1.82) is 0 Å². The lowest BCUT2D eigenvalue weighted by Gasteiger charge is -2.19. The van der Waals surface area contributed by atoms with E-state index >= 15 is 0 Å². The minimum Gasteiger partial charge on any atom is -0.358 e. The Bertz CT molecular complexity index is 1410. The van der Waals surface area contributed by atoms with Gasteiger partial charge in [-0.05, 0) is 101 Å². The smallest absolute Gasteiger partial charge is 0.254 e. The van der Waals surface area contributed by atoms with Crippen molar-refractivity contribution in [3.8, 4) is 0 Å². The maximum absolute atomic E-state index is 13.2. The Morgan fingerprint density at radius 3 is 2.67 bits per heavy atom. The summed E-state index contributed by atoms with van der Waals surface area (Å²) in [6.07, 6.45) is 9.44. The van der Waals surface area contributed by atoms with Crippen LogP contribution >= 0.6 is 11.3 Å². The molecule has 7 heteroatoms. The van der Waals surface area contributed by atoms with Gasteiger partial charge in [0.2, 0.25) is 0 Å². The summed E-state index contributed by atoms with van der Waals surface area (Å²) in [7, 11) is 0. The van der Waals surface area contributed by atoms with Crippen LogP contribution < -0.4 is 5.32 Å². The fourth-order valence-electron chi connectivity index (χ4n) is 6.43. The summed E-state index contributed by atoms with van der Waals surface area (Å²) in [5, 5.41) is 3.55. The number of nitrogens with zero attached hydrogens (tertiary/aromatic N) is 3. The van der Waals surface area contributed by atoms with Gasteiger partial charge in [-0.2, -0.15) is 0 Å². The Labute approximate surface area is 235 Å². The maximum atomic E-state index is 13.2. The quantitative estimate of drug-likeness (QED) is 0.461. The Morgan fingerprint density at radius 2 is 1.90 bits per heavy atom. The van der Waals surface area contributed by atoms with Gasteiger partial charge in [0, 0.05) is 59.1 Å². The fraction of sp³-hybridized carbons (Fsp3) is 0.469. The van der Waals surface area contributed by atoms with E-state index in [-0.39, 0.29) is 17.7 Å². The average molecular weight is 543 g/mol. The van der Waals surface area contributed by atoms with Crippen LogP contribution in [0.5, 0.6) is 0 Å². The topological polar surface area (TPSA) is 65.0 Å². The molecule has 1 aromatic heterocycles. The summed E-state index contributed by atoms with van der Waals surface area (Å²) in [5.74, 6) is 0.247. The Kier molecular flexibility index (Phi) is 7.29. The van der Waals surface area contributed by atoms with E-state index in [0.717, 1.165) is 59.7 Å². The van der Waals surface area contributed by atoms with Crippen LogP contribution in [0.1, 0.15) is 69.4 Å². The second kappa shape index (κ2) is 10.9. The van der Waals surface area contributed by atoms with Crippen LogP contribution in [0.4, 0.5) is 5.69 Å². The molecule has 1 N–H and O–H groups in total. The first-order valence-electron chi connectivity index (χ1n) is 14.4. The summed E-state index contributed by atoms with van der Waals surface area (Å²) in [5.41, 5.74) is 7.71. The molecule has 6 nitrogen and oxygen atoms in total. The third kappa shape index (κ3) is 5.39. The van der Waals surface area contributed by atoms with E-state index in [0.29, 0.717) is 25.0 Å². The van der Waals surface area contributed by atoms with Gasteiger partial charge >= 0.3 is 0 Å². The molecule has 4 heterocycles. The zero-order valence-corrected chi connectivity index (χ0v) is 24.1. The second-order valence-corrected chi connectivity index (χ2v) is 12.9. The van der Waals surface area contributed by atoms with Gasteiger partial charge < -0.3 is 15.1 Å². The molecule has 0 saturated carbocycles. The van der Waals surface area contributed by atoms with Gasteiger partial charge in [0.25, 0.3) is 5.91 Å². The van der Waals surface area contributed by atoms with Gasteiger partial charge in [-0.3, -0.25) is 14.6 Å². The summed E-state index contributed by atoms with van der Waals surface area (Å²) >= 11 is 1.83. The summed E-state index contributed by atoms with van der Waals surface area (Å²) in [4.78, 5) is 38.5. The molecule has 1 unspecified atom stereocenters. The fourth-order valence-corrected chi connectivity index (χ4v) is 7.60. The minimum atomic E-state index is 0.0737. The van der Waals surface area contributed by atoms with Crippen molar-refractivity contribution >= 4 is 34.4 Å². The number of thiophene rings is 1. The lowest BCUT2D eigenvalue weighted by atomic mass is 9.93. The van der Waals surface area contributed by atoms with Crippen LogP contribution in [0, 0.1) is 13.8 Å². The first-order chi connectivity index (χ1) is 18.9. The molecule has 1 saturated heterocycles. The van der Waals surface area contributed by atoms with Gasteiger partial charge in [-0.1, -0.05) is 6.08 Å². The number of benzene rings is 1. The Morgan fingerprint density at radius 1 is 1.08 bits per heavy atom. The van der Waals surface area contributed by atoms with E-state index in [1.54, 1.807) is 0 Å². The molecule has 0 radical (unpaired) electrons. The number of aliphatic imine (C=N–C) groups is 1. The molecule has 1 aliphatic carbocycles. The lowest BCUT2D eigenvalue weighted by molar-refractivity contribution is -0.114. The number of Topliss-reactive ketones (excluding diaryl/α,β-unsaturated/α-hetero) is 1. The predicted molar refractivity (Wildman–Crippen MR) is 159 cm³/mol. The number of likely N-dealkylation sites (tertiary alicyclic amines) is 1. The number of ketones is 1. The van der Waals surface area contributed by atoms with Crippen LogP contribution in [-0.2, 0) is 24.2 Å². The van der Waals surface area contributed by atoms with E-state index in [2.05, 4.69) is 49.2 Å². The van der Waals surface area contributed by atoms with Crippen molar-refractivity contribution < 1.29 is 9.59 Å². The highest BCUT2D eigenvalue weighted by atomic mass is 32.1. The van der Waals surface area contributed by atoms with Crippen molar-refractivity contribution in [3.63, 3.8) is 0 Å². The van der Waals surface area contributed by atoms with Gasteiger partial charge in [-0.15, -0.1) is 11.3 Å². The molecule has 2 aromatic rings. The standard InChI is InChI=1S/C32H38N4O2S/c1-20-14-22(3)39-30(20)15-21(2)33-26-8-6-9-29(37)31(26)28-17-23-16-25-24(18-27(23)34-28)19-36(32(25)38)13-7-12-35-10-4-5-11-35/h6,8,14,16,18,21,34H,4-5,7,9-13,15,17,19H2,1-3H3. The van der Waals surface area contributed by atoms with Crippen LogP contribution in [0.2, 0.25) is 0 Å². The van der Waals surface area contributed by atoms with Gasteiger partial charge in [0.15, 0.2) is 5.78 Å². The van der Waals surface area contributed by atoms with Crippen molar-refractivity contribution in [2.45, 2.75) is 71.9 Å². The van der Waals surface area contributed by atoms with E-state index < -0.39 is 0 Å². The number of allylic oxidation sites excluding steroid dienone is 4. The molecule has 39 heavy (non-hydrogen) atoms. The highest BCUT2D eigenvalue weighted by Crippen LogP contribution is 2.37. The number of hydrogen-bond acceptors (Lipinski definition) is 6. The van der Waals surface area contributed by atoms with Crippen molar-refractivity contribution in [2.75, 3.05) is 31.5 Å². The molecule has 204 valence electrons. The monoisotopic (exact) mass is 542 g/mol. The van der Waals surface area contributed by atoms with E-state index in [9.17, 15) is 9.59 Å². The third-order valence-electron chi connectivity index (χ3n) is 8.36. The Balaban J connectivity index is 1.18. The van der Waals surface area contributed by atoms with E-state index in [1.165, 1.54) is 41.2 Å². The highest BCUT2D eigenvalue weighted by Gasteiger charge is 2.32. The molecule has 1 atom stereocenters. The number of hydrogen-bond donors (Lipinski definition) is 1. The molecule has 3 aliphatic heterocycles. The zero-order chi connectivity index (χ0) is 27.1.